The predicted molar refractivity (Wildman–Crippen MR) is 209 cm³/mol. The third kappa shape index (κ3) is 9.03. The fourth-order valence-corrected chi connectivity index (χ4v) is 9.00. The highest BCUT2D eigenvalue weighted by molar-refractivity contribution is 7.90. The van der Waals surface area contributed by atoms with Crippen molar-refractivity contribution in [3.05, 3.63) is 77.6 Å². The summed E-state index contributed by atoms with van der Waals surface area (Å²) < 4.78 is 78.3. The number of carbonyl (C=O) groups excluding carboxylic acids is 2. The number of hydrogen-bond donors (Lipinski definition) is 2. The second kappa shape index (κ2) is 16.2. The molecule has 2 N–H and O–H groups in total. The quantitative estimate of drug-likeness (QED) is 0.147. The fourth-order valence-electron chi connectivity index (χ4n) is 7.73. The van der Waals surface area contributed by atoms with Crippen LogP contribution in [-0.2, 0) is 19.7 Å². The number of ketones is 1. The number of esters is 1. The lowest BCUT2D eigenvalue weighted by atomic mass is 9.96. The van der Waals surface area contributed by atoms with Crippen LogP contribution < -0.4 is 9.62 Å². The normalized spacial score (nSPS) is 19.5. The van der Waals surface area contributed by atoms with E-state index in [-0.39, 0.29) is 31.0 Å². The molecule has 0 radical (unpaired) electrons. The molecule has 0 spiro atoms. The van der Waals surface area contributed by atoms with E-state index >= 15 is 8.78 Å². The van der Waals surface area contributed by atoms with Gasteiger partial charge < -0.3 is 14.6 Å². The molecule has 1 atom stereocenters. The summed E-state index contributed by atoms with van der Waals surface area (Å²) in [6, 6.07) is 11.5. The number of aromatic nitrogens is 2. The molecule has 0 unspecified atom stereocenters. The topological polar surface area (TPSA) is 131 Å². The van der Waals surface area contributed by atoms with Gasteiger partial charge in [0.05, 0.1) is 17.8 Å². The van der Waals surface area contributed by atoms with Gasteiger partial charge in [-0.2, -0.15) is 12.7 Å². The van der Waals surface area contributed by atoms with Gasteiger partial charge in [0.15, 0.2) is 5.82 Å². The smallest absolute Gasteiger partial charge is 0.320 e. The summed E-state index contributed by atoms with van der Waals surface area (Å²) in [6.07, 6.45) is 3.78. The second-order valence-corrected chi connectivity index (χ2v) is 17.6. The average molecular weight is 796 g/mol. The molecule has 16 heteroatoms. The Bertz CT molecular complexity index is 2180. The first-order valence-electron chi connectivity index (χ1n) is 19.1. The molecule has 3 aliphatic heterocycles. The molecule has 2 aromatic heterocycles. The molecule has 12 nitrogen and oxygen atoms in total. The predicted octanol–water partition coefficient (Wildman–Crippen LogP) is 5.62. The van der Waals surface area contributed by atoms with E-state index in [0.717, 1.165) is 86.3 Å². The Morgan fingerprint density at radius 2 is 1.64 bits per heavy atom. The molecule has 3 fully saturated rings. The van der Waals surface area contributed by atoms with Gasteiger partial charge in [0.1, 0.15) is 23.2 Å². The lowest BCUT2D eigenvalue weighted by Crippen LogP contribution is -2.49. The molecular weight excluding hydrogens is 748 g/mol. The number of piperidine rings is 1. The zero-order chi connectivity index (χ0) is 39.8. The van der Waals surface area contributed by atoms with Gasteiger partial charge >= 0.3 is 16.2 Å². The standard InChI is InChI=1S/C40H48F3N7O5S/c1-40(2,3)55-35(51)25-47-13-10-26(11-14-47)23-48-16-18-49(19-17-48)30-6-4-27(5-7-30)28-20-31-32(22-45-39(31)44-21-28)38(52)36-33(42)8-9-34(37(36)43)46-56(53,54)50-15-12-29(41)24-50/h4-9,20-22,26,29,46H,10-19,23-25H2,1-3H3,(H,44,45)/t29-/m1/s1. The van der Waals surface area contributed by atoms with E-state index in [2.05, 4.69) is 24.7 Å². The molecule has 0 amide bonds. The van der Waals surface area contributed by atoms with Crippen molar-refractivity contribution in [2.75, 3.05) is 75.1 Å². The third-order valence-corrected chi connectivity index (χ3v) is 12.2. The van der Waals surface area contributed by atoms with Gasteiger partial charge in [-0.15, -0.1) is 0 Å². The Morgan fingerprint density at radius 1 is 0.929 bits per heavy atom. The molecule has 3 aliphatic rings. The molecule has 3 saturated heterocycles. The molecule has 4 aromatic rings. The minimum absolute atomic E-state index is 0.0116. The number of ether oxygens (including phenoxy) is 1. The Kier molecular flexibility index (Phi) is 11.5. The number of fused-ring (bicyclic) bond motifs is 1. The van der Waals surface area contributed by atoms with Gasteiger partial charge in [0, 0.05) is 80.4 Å². The maximum atomic E-state index is 15.7. The van der Waals surface area contributed by atoms with Gasteiger partial charge in [0.2, 0.25) is 5.78 Å². The molecule has 5 heterocycles. The van der Waals surface area contributed by atoms with Crippen molar-refractivity contribution in [2.45, 2.75) is 51.8 Å². The lowest BCUT2D eigenvalue weighted by Gasteiger charge is -2.39. The maximum absolute atomic E-state index is 15.7. The monoisotopic (exact) mass is 795 g/mol. The number of nitrogens with one attached hydrogen (secondary N) is 2. The number of rotatable bonds is 11. The Labute approximate surface area is 325 Å². The molecule has 2 aromatic carbocycles. The van der Waals surface area contributed by atoms with Crippen LogP contribution in [0.4, 0.5) is 24.5 Å². The van der Waals surface area contributed by atoms with Gasteiger partial charge in [-0.1, -0.05) is 12.1 Å². The first-order chi connectivity index (χ1) is 26.6. The van der Waals surface area contributed by atoms with Crippen molar-refractivity contribution < 1.29 is 35.9 Å². The van der Waals surface area contributed by atoms with Crippen LogP contribution in [-0.4, -0.2) is 121 Å². The number of pyridine rings is 1. The van der Waals surface area contributed by atoms with E-state index in [0.29, 0.717) is 29.1 Å². The van der Waals surface area contributed by atoms with Gasteiger partial charge in [-0.3, -0.25) is 24.1 Å². The first kappa shape index (κ1) is 39.7. The number of likely N-dealkylation sites (tertiary alicyclic amines) is 1. The van der Waals surface area contributed by atoms with Crippen molar-refractivity contribution in [1.82, 2.24) is 24.1 Å². The molecule has 0 saturated carbocycles. The molecule has 0 aliphatic carbocycles. The van der Waals surface area contributed by atoms with Crippen LogP contribution in [0.15, 0.2) is 54.9 Å². The van der Waals surface area contributed by atoms with Crippen molar-refractivity contribution in [3.63, 3.8) is 0 Å². The highest BCUT2D eigenvalue weighted by Gasteiger charge is 2.33. The number of halogens is 3. The number of H-pyrrole nitrogens is 1. The van der Waals surface area contributed by atoms with E-state index in [9.17, 15) is 22.4 Å². The molecule has 56 heavy (non-hydrogen) atoms. The van der Waals surface area contributed by atoms with Crippen LogP contribution in [0.1, 0.15) is 56.0 Å². The number of nitrogens with zero attached hydrogens (tertiary/aromatic N) is 5. The Morgan fingerprint density at radius 3 is 2.30 bits per heavy atom. The highest BCUT2D eigenvalue weighted by Crippen LogP contribution is 2.31. The summed E-state index contributed by atoms with van der Waals surface area (Å²) in [4.78, 5) is 40.3. The summed E-state index contributed by atoms with van der Waals surface area (Å²) in [5.41, 5.74) is 0.910. The number of benzene rings is 2. The minimum Gasteiger partial charge on any atom is -0.459 e. The van der Waals surface area contributed by atoms with Gasteiger partial charge in [-0.05, 0) is 94.9 Å². The highest BCUT2D eigenvalue weighted by atomic mass is 32.2. The molecular formula is C40H48F3N7O5S. The van der Waals surface area contributed by atoms with Crippen LogP contribution in [0.25, 0.3) is 22.2 Å². The summed E-state index contributed by atoms with van der Waals surface area (Å²) in [6.45, 7) is 12.1. The number of alkyl halides is 1. The fraction of sp³-hybridized carbons (Fsp3) is 0.475. The molecule has 7 rings (SSSR count). The van der Waals surface area contributed by atoms with E-state index in [1.807, 2.05) is 49.8 Å². The number of piperazine rings is 1. The van der Waals surface area contributed by atoms with Crippen LogP contribution in [0, 0.1) is 17.6 Å². The van der Waals surface area contributed by atoms with E-state index in [4.69, 9.17) is 4.74 Å². The summed E-state index contributed by atoms with van der Waals surface area (Å²) >= 11 is 0. The second-order valence-electron chi connectivity index (χ2n) is 15.9. The minimum atomic E-state index is -4.34. The summed E-state index contributed by atoms with van der Waals surface area (Å²) in [7, 11) is -4.34. The molecule has 300 valence electrons. The zero-order valence-corrected chi connectivity index (χ0v) is 32.7. The number of aromatic amines is 1. The van der Waals surface area contributed by atoms with Gasteiger partial charge in [0.25, 0.3) is 0 Å². The van der Waals surface area contributed by atoms with Crippen molar-refractivity contribution in [3.8, 4) is 11.1 Å². The van der Waals surface area contributed by atoms with E-state index in [1.165, 1.54) is 6.20 Å². The van der Waals surface area contributed by atoms with E-state index in [1.54, 1.807) is 12.3 Å². The van der Waals surface area contributed by atoms with Crippen molar-refractivity contribution in [2.24, 2.45) is 5.92 Å². The van der Waals surface area contributed by atoms with Crippen LogP contribution in [0.2, 0.25) is 0 Å². The lowest BCUT2D eigenvalue weighted by molar-refractivity contribution is -0.156. The van der Waals surface area contributed by atoms with E-state index < -0.39 is 50.7 Å². The van der Waals surface area contributed by atoms with Crippen LogP contribution in [0.5, 0.6) is 0 Å². The number of anilines is 2. The van der Waals surface area contributed by atoms with Crippen LogP contribution in [0.3, 0.4) is 0 Å². The number of carbonyl (C=O) groups is 2. The maximum Gasteiger partial charge on any atom is 0.320 e. The Hall–Kier alpha value is -4.51. The van der Waals surface area contributed by atoms with Gasteiger partial charge in [-0.25, -0.2) is 18.2 Å². The average Bonchev–Trinajstić information content (AvgIpc) is 3.80. The largest absolute Gasteiger partial charge is 0.459 e. The zero-order valence-electron chi connectivity index (χ0n) is 31.9. The number of hydrogen-bond acceptors (Lipinski definition) is 9. The Balaban J connectivity index is 0.965. The SMILES string of the molecule is CC(C)(C)OC(=O)CN1CCC(CN2CCN(c3ccc(-c4cnc5[nH]cc(C(=O)c6c(F)ccc(NS(=O)(=O)N7CC[C@@H](F)C7)c6F)c5c4)cc3)CC2)CC1. The summed E-state index contributed by atoms with van der Waals surface area (Å²) in [5.74, 6) is -3.09. The molecule has 0 bridgehead atoms. The third-order valence-electron chi connectivity index (χ3n) is 10.7. The summed E-state index contributed by atoms with van der Waals surface area (Å²) in [5, 5.41) is 0.345. The van der Waals surface area contributed by atoms with Crippen molar-refractivity contribution >= 4 is 44.4 Å². The first-order valence-corrected chi connectivity index (χ1v) is 20.5. The van der Waals surface area contributed by atoms with Crippen LogP contribution >= 0.6 is 0 Å². The van der Waals surface area contributed by atoms with Crippen molar-refractivity contribution in [1.29, 1.82) is 0 Å².